The number of carbonyl (C=O) groups excluding carboxylic acids is 1. The highest BCUT2D eigenvalue weighted by Gasteiger charge is 2.27. The van der Waals surface area contributed by atoms with Crippen molar-refractivity contribution in [3.63, 3.8) is 0 Å². The van der Waals surface area contributed by atoms with Gasteiger partial charge in [0, 0.05) is 11.1 Å². The Morgan fingerprint density at radius 3 is 1.60 bits per heavy atom. The van der Waals surface area contributed by atoms with Gasteiger partial charge in [0.2, 0.25) is 0 Å². The van der Waals surface area contributed by atoms with Crippen LogP contribution in [0.3, 0.4) is 0 Å². The molecule has 0 saturated carbocycles. The van der Waals surface area contributed by atoms with E-state index in [1.165, 1.54) is 0 Å². The van der Waals surface area contributed by atoms with Crippen molar-refractivity contribution in [2.75, 3.05) is 0 Å². The number of hydrogen-bond acceptors (Lipinski definition) is 1. The van der Waals surface area contributed by atoms with Gasteiger partial charge in [0.1, 0.15) is 0 Å². The Morgan fingerprint density at radius 2 is 1.33 bits per heavy atom. The van der Waals surface area contributed by atoms with E-state index in [9.17, 15) is 4.79 Å². The van der Waals surface area contributed by atoms with Crippen LogP contribution in [0.4, 0.5) is 4.79 Å². The summed E-state index contributed by atoms with van der Waals surface area (Å²) < 4.78 is 0. The van der Waals surface area contributed by atoms with Gasteiger partial charge in [0.25, 0.3) is 0 Å². The molecule has 0 aliphatic carbocycles. The molecule has 0 aliphatic rings. The van der Waals surface area contributed by atoms with Crippen LogP contribution in [0.1, 0.15) is 60.8 Å². The number of rotatable bonds is 4. The summed E-state index contributed by atoms with van der Waals surface area (Å²) in [6, 6.07) is -0.0620. The van der Waals surface area contributed by atoms with E-state index in [0.29, 0.717) is 0 Å². The Bertz CT molecular complexity index is 194. The molecule has 2 amide bonds. The van der Waals surface area contributed by atoms with Crippen LogP contribution in [0.15, 0.2) is 0 Å². The number of hydrogen-bond donors (Lipinski definition) is 2. The number of carbonyl (C=O) groups is 1. The third-order valence-corrected chi connectivity index (χ3v) is 2.90. The first kappa shape index (κ1) is 14.3. The first-order valence-electron chi connectivity index (χ1n) is 5.89. The van der Waals surface area contributed by atoms with Crippen molar-refractivity contribution in [2.45, 2.75) is 71.9 Å². The summed E-state index contributed by atoms with van der Waals surface area (Å²) in [6.45, 7) is 12.3. The molecule has 0 heterocycles. The van der Waals surface area contributed by atoms with Crippen LogP contribution in [-0.2, 0) is 0 Å². The maximum absolute atomic E-state index is 11.7. The lowest BCUT2D eigenvalue weighted by Gasteiger charge is -2.33. The molecule has 0 atom stereocenters. The van der Waals surface area contributed by atoms with Gasteiger partial charge >= 0.3 is 6.03 Å². The minimum Gasteiger partial charge on any atom is -0.334 e. The van der Waals surface area contributed by atoms with E-state index in [0.717, 1.165) is 19.3 Å². The fourth-order valence-electron chi connectivity index (χ4n) is 1.63. The Kier molecular flexibility index (Phi) is 5.12. The average molecular weight is 214 g/mol. The average Bonchev–Trinajstić information content (AvgIpc) is 2.11. The van der Waals surface area contributed by atoms with Crippen LogP contribution in [0.25, 0.3) is 0 Å². The summed E-state index contributed by atoms with van der Waals surface area (Å²) in [5, 5.41) is 6.01. The van der Waals surface area contributed by atoms with Gasteiger partial charge in [0.05, 0.1) is 0 Å². The highest BCUT2D eigenvalue weighted by Crippen LogP contribution is 2.19. The largest absolute Gasteiger partial charge is 0.334 e. The number of amides is 2. The topological polar surface area (TPSA) is 41.1 Å². The summed E-state index contributed by atoms with van der Waals surface area (Å²) in [7, 11) is 0. The zero-order chi connectivity index (χ0) is 12.1. The zero-order valence-electron chi connectivity index (χ0n) is 11.0. The second kappa shape index (κ2) is 5.38. The summed E-state index contributed by atoms with van der Waals surface area (Å²) in [5.74, 6) is 0. The third kappa shape index (κ3) is 5.05. The van der Waals surface area contributed by atoms with Gasteiger partial charge in [-0.15, -0.1) is 0 Å². The second-order valence-corrected chi connectivity index (χ2v) is 5.17. The normalized spacial score (nSPS) is 12.4. The summed E-state index contributed by atoms with van der Waals surface area (Å²) >= 11 is 0. The van der Waals surface area contributed by atoms with E-state index in [2.05, 4.69) is 31.4 Å². The molecule has 2 N–H and O–H groups in total. The molecule has 3 nitrogen and oxygen atoms in total. The van der Waals surface area contributed by atoms with E-state index < -0.39 is 0 Å². The molecule has 0 fully saturated rings. The predicted octanol–water partition coefficient (Wildman–Crippen LogP) is 3.05. The van der Waals surface area contributed by atoms with E-state index in [-0.39, 0.29) is 17.1 Å². The Balaban J connectivity index is 4.36. The molecule has 0 spiro atoms. The van der Waals surface area contributed by atoms with Crippen LogP contribution in [-0.4, -0.2) is 17.1 Å². The molecule has 0 aromatic heterocycles. The van der Waals surface area contributed by atoms with Gasteiger partial charge in [-0.05, 0) is 40.0 Å². The molecule has 90 valence electrons. The van der Waals surface area contributed by atoms with E-state index in [4.69, 9.17) is 0 Å². The van der Waals surface area contributed by atoms with Crippen molar-refractivity contribution < 1.29 is 4.79 Å². The minimum atomic E-state index is -0.176. The van der Waals surface area contributed by atoms with Crippen LogP contribution in [0.5, 0.6) is 0 Å². The lowest BCUT2D eigenvalue weighted by molar-refractivity contribution is 0.209. The highest BCUT2D eigenvalue weighted by molar-refractivity contribution is 5.75. The molecule has 0 unspecified atom stereocenters. The Hall–Kier alpha value is -0.730. The van der Waals surface area contributed by atoms with Crippen molar-refractivity contribution in [2.24, 2.45) is 0 Å². The van der Waals surface area contributed by atoms with Crippen molar-refractivity contribution in [3.05, 3.63) is 0 Å². The van der Waals surface area contributed by atoms with Gasteiger partial charge in [0.15, 0.2) is 0 Å². The van der Waals surface area contributed by atoms with E-state index in [1.807, 2.05) is 20.8 Å². The summed E-state index contributed by atoms with van der Waals surface area (Å²) in [5.41, 5.74) is -0.222. The van der Waals surface area contributed by atoms with Crippen molar-refractivity contribution in [1.29, 1.82) is 0 Å². The van der Waals surface area contributed by atoms with Crippen LogP contribution >= 0.6 is 0 Å². The quantitative estimate of drug-likeness (QED) is 0.742. The Morgan fingerprint density at radius 1 is 0.933 bits per heavy atom. The van der Waals surface area contributed by atoms with Crippen molar-refractivity contribution in [3.8, 4) is 0 Å². The molecule has 0 aromatic rings. The molecule has 0 bridgehead atoms. The smallest absolute Gasteiger partial charge is 0.315 e. The maximum Gasteiger partial charge on any atom is 0.315 e. The molecular formula is C12H26N2O. The van der Waals surface area contributed by atoms with Crippen LogP contribution in [0.2, 0.25) is 0 Å². The standard InChI is InChI=1S/C12H26N2O/c1-7-12(8-2,9-3)14-10(15)13-11(4,5)6/h7-9H2,1-6H3,(H2,13,14,15). The van der Waals surface area contributed by atoms with E-state index in [1.54, 1.807) is 0 Å². The Labute approximate surface area is 94.0 Å². The lowest BCUT2D eigenvalue weighted by atomic mass is 9.90. The lowest BCUT2D eigenvalue weighted by Crippen LogP contribution is -2.55. The van der Waals surface area contributed by atoms with Gasteiger partial charge in [-0.25, -0.2) is 4.79 Å². The fraction of sp³-hybridized carbons (Fsp3) is 0.917. The second-order valence-electron chi connectivity index (χ2n) is 5.17. The van der Waals surface area contributed by atoms with Gasteiger partial charge in [-0.1, -0.05) is 20.8 Å². The molecule has 3 heteroatoms. The number of urea groups is 1. The highest BCUT2D eigenvalue weighted by atomic mass is 16.2. The molecule has 0 rings (SSSR count). The molecule has 0 saturated heterocycles. The van der Waals surface area contributed by atoms with Crippen LogP contribution in [0, 0.1) is 0 Å². The predicted molar refractivity (Wildman–Crippen MR) is 65.0 cm³/mol. The number of nitrogens with one attached hydrogen (secondary N) is 2. The summed E-state index contributed by atoms with van der Waals surface area (Å²) in [4.78, 5) is 11.7. The van der Waals surface area contributed by atoms with E-state index >= 15 is 0 Å². The SMILES string of the molecule is CCC(CC)(CC)NC(=O)NC(C)(C)C. The molecule has 0 aliphatic heterocycles. The zero-order valence-corrected chi connectivity index (χ0v) is 11.0. The maximum atomic E-state index is 11.7. The van der Waals surface area contributed by atoms with Gasteiger partial charge in [-0.2, -0.15) is 0 Å². The third-order valence-electron chi connectivity index (χ3n) is 2.90. The molecule has 0 aromatic carbocycles. The fourth-order valence-corrected chi connectivity index (χ4v) is 1.63. The minimum absolute atomic E-state index is 0.0463. The molecule has 0 radical (unpaired) electrons. The van der Waals surface area contributed by atoms with Gasteiger partial charge in [-0.3, -0.25) is 0 Å². The van der Waals surface area contributed by atoms with Crippen LogP contribution < -0.4 is 10.6 Å². The first-order valence-corrected chi connectivity index (χ1v) is 5.89. The first-order chi connectivity index (χ1) is 6.78. The monoisotopic (exact) mass is 214 g/mol. The summed E-state index contributed by atoms with van der Waals surface area (Å²) in [6.07, 6.45) is 2.91. The van der Waals surface area contributed by atoms with Crippen molar-refractivity contribution >= 4 is 6.03 Å². The van der Waals surface area contributed by atoms with Gasteiger partial charge < -0.3 is 10.6 Å². The molecular weight excluding hydrogens is 188 g/mol. The molecule has 15 heavy (non-hydrogen) atoms. The van der Waals surface area contributed by atoms with Crippen molar-refractivity contribution in [1.82, 2.24) is 10.6 Å².